The molecule has 2 bridgehead atoms. The van der Waals surface area contributed by atoms with E-state index in [1.165, 1.54) is 50.6 Å². The van der Waals surface area contributed by atoms with E-state index in [1.54, 1.807) is 23.3 Å². The Balaban J connectivity index is 1.64. The zero-order chi connectivity index (χ0) is 17.0. The summed E-state index contributed by atoms with van der Waals surface area (Å²) in [6, 6.07) is 14.7. The van der Waals surface area contributed by atoms with Gasteiger partial charge in [-0.2, -0.15) is 0 Å². The van der Waals surface area contributed by atoms with Crippen molar-refractivity contribution >= 4 is 0 Å². The molecule has 2 fully saturated rings. The lowest BCUT2D eigenvalue weighted by molar-refractivity contribution is 0.00290. The van der Waals surface area contributed by atoms with Gasteiger partial charge in [0.15, 0.2) is 0 Å². The molecule has 1 saturated carbocycles. The summed E-state index contributed by atoms with van der Waals surface area (Å²) in [6.07, 6.45) is 7.99. The summed E-state index contributed by atoms with van der Waals surface area (Å²) in [5.41, 5.74) is 5.93. The molecule has 0 N–H and O–H groups in total. The number of halogens is 1. The van der Waals surface area contributed by atoms with Crippen molar-refractivity contribution in [3.63, 3.8) is 0 Å². The Kier molecular flexibility index (Phi) is 3.53. The van der Waals surface area contributed by atoms with Crippen molar-refractivity contribution < 1.29 is 4.39 Å². The highest BCUT2D eigenvalue weighted by atomic mass is 19.1. The number of benzene rings is 2. The number of likely N-dealkylation sites (N-methyl/N-ethyl adjacent to an activating group) is 1. The number of rotatable bonds is 1. The third kappa shape index (κ3) is 2.30. The van der Waals surface area contributed by atoms with Gasteiger partial charge in [-0.15, -0.1) is 0 Å². The van der Waals surface area contributed by atoms with Crippen molar-refractivity contribution in [2.75, 3.05) is 13.6 Å². The van der Waals surface area contributed by atoms with Crippen LogP contribution in [0, 0.1) is 11.7 Å². The summed E-state index contributed by atoms with van der Waals surface area (Å²) in [4.78, 5) is 2.62. The quantitative estimate of drug-likeness (QED) is 0.694. The number of piperidine rings is 1. The molecule has 130 valence electrons. The van der Waals surface area contributed by atoms with Crippen molar-refractivity contribution in [1.82, 2.24) is 4.90 Å². The number of likely N-dealkylation sites (tertiary alicyclic amines) is 1. The van der Waals surface area contributed by atoms with Crippen molar-refractivity contribution in [2.24, 2.45) is 5.92 Å². The third-order valence-corrected chi connectivity index (χ3v) is 7.29. The topological polar surface area (TPSA) is 3.24 Å². The van der Waals surface area contributed by atoms with Crippen LogP contribution in [-0.2, 0) is 11.8 Å². The maximum atomic E-state index is 13.3. The van der Waals surface area contributed by atoms with Gasteiger partial charge in [-0.1, -0.05) is 43.2 Å². The second-order valence-electron chi connectivity index (χ2n) is 8.39. The fourth-order valence-corrected chi connectivity index (χ4v) is 6.02. The molecule has 1 unspecified atom stereocenters. The van der Waals surface area contributed by atoms with Gasteiger partial charge < -0.3 is 4.90 Å². The van der Waals surface area contributed by atoms with Crippen LogP contribution in [0.3, 0.4) is 0 Å². The largest absolute Gasteiger partial charge is 0.303 e. The van der Waals surface area contributed by atoms with Crippen LogP contribution in [-0.4, -0.2) is 24.5 Å². The molecule has 2 heteroatoms. The lowest BCUT2D eigenvalue weighted by Gasteiger charge is -2.58. The minimum absolute atomic E-state index is 0.161. The minimum Gasteiger partial charge on any atom is -0.303 e. The Bertz CT molecular complexity index is 796. The molecule has 1 saturated heterocycles. The predicted octanol–water partition coefficient (Wildman–Crippen LogP) is 5.18. The van der Waals surface area contributed by atoms with Crippen LogP contribution in [0.1, 0.15) is 43.2 Å². The number of hydrogen-bond acceptors (Lipinski definition) is 1. The molecular weight excluding hydrogens is 309 g/mol. The highest BCUT2D eigenvalue weighted by molar-refractivity contribution is 5.66. The molecule has 5 rings (SSSR count). The first-order valence-electron chi connectivity index (χ1n) is 9.77. The summed E-state index contributed by atoms with van der Waals surface area (Å²) in [5, 5.41) is 0. The lowest BCUT2D eigenvalue weighted by Crippen LogP contribution is -2.59. The fourth-order valence-electron chi connectivity index (χ4n) is 6.02. The first-order chi connectivity index (χ1) is 12.2. The van der Waals surface area contributed by atoms with Gasteiger partial charge in [-0.25, -0.2) is 4.39 Å². The number of nitrogens with zero attached hydrogens (tertiary/aromatic N) is 1. The summed E-state index contributed by atoms with van der Waals surface area (Å²) in [5.74, 6) is 0.654. The SMILES string of the molecule is CN1CCC23CCCC[C@@H]2[C@@H]1Cc1ccc(-c2ccc(F)cc2)cc13. The van der Waals surface area contributed by atoms with Crippen LogP contribution in [0.4, 0.5) is 4.39 Å². The highest BCUT2D eigenvalue weighted by Crippen LogP contribution is 2.55. The molecule has 2 aromatic carbocycles. The predicted molar refractivity (Wildman–Crippen MR) is 100 cm³/mol. The maximum absolute atomic E-state index is 13.3. The van der Waals surface area contributed by atoms with Crippen LogP contribution in [0.2, 0.25) is 0 Å². The zero-order valence-corrected chi connectivity index (χ0v) is 15.0. The molecule has 25 heavy (non-hydrogen) atoms. The Morgan fingerprint density at radius 2 is 1.80 bits per heavy atom. The molecule has 0 spiro atoms. The average Bonchev–Trinajstić information content (AvgIpc) is 2.65. The van der Waals surface area contributed by atoms with E-state index in [0.29, 0.717) is 5.41 Å². The normalized spacial score (nSPS) is 31.3. The van der Waals surface area contributed by atoms with Crippen molar-refractivity contribution in [3.05, 3.63) is 59.4 Å². The molecule has 2 aliphatic carbocycles. The van der Waals surface area contributed by atoms with E-state index in [0.717, 1.165) is 17.5 Å². The van der Waals surface area contributed by atoms with Crippen LogP contribution >= 0.6 is 0 Å². The number of hydrogen-bond donors (Lipinski definition) is 0. The minimum atomic E-state index is -0.161. The van der Waals surface area contributed by atoms with Crippen LogP contribution in [0.5, 0.6) is 0 Å². The molecule has 1 heterocycles. The second kappa shape index (κ2) is 5.67. The van der Waals surface area contributed by atoms with Gasteiger partial charge in [0.05, 0.1) is 0 Å². The molecule has 1 aliphatic heterocycles. The van der Waals surface area contributed by atoms with E-state index in [4.69, 9.17) is 0 Å². The van der Waals surface area contributed by atoms with E-state index >= 15 is 0 Å². The smallest absolute Gasteiger partial charge is 0.123 e. The standard InChI is InChI=1S/C23H26FN/c1-25-13-12-23-11-3-2-4-20(23)22(25)15-18-6-5-17(14-21(18)23)16-7-9-19(24)10-8-16/h5-10,14,20,22H,2-4,11-13,15H2,1H3/t20-,22+,23?/m1/s1. The van der Waals surface area contributed by atoms with Crippen LogP contribution in [0.25, 0.3) is 11.1 Å². The first kappa shape index (κ1) is 15.6. The van der Waals surface area contributed by atoms with Gasteiger partial charge in [-0.3, -0.25) is 0 Å². The lowest BCUT2D eigenvalue weighted by atomic mass is 9.52. The molecule has 3 atom stereocenters. The highest BCUT2D eigenvalue weighted by Gasteiger charge is 2.52. The summed E-state index contributed by atoms with van der Waals surface area (Å²) >= 11 is 0. The van der Waals surface area contributed by atoms with Crippen molar-refractivity contribution in [3.8, 4) is 11.1 Å². The molecule has 0 aromatic heterocycles. The van der Waals surface area contributed by atoms with E-state index in [-0.39, 0.29) is 5.82 Å². The Hall–Kier alpha value is -1.67. The van der Waals surface area contributed by atoms with E-state index < -0.39 is 0 Å². The second-order valence-corrected chi connectivity index (χ2v) is 8.39. The molecule has 0 radical (unpaired) electrons. The van der Waals surface area contributed by atoms with E-state index in [9.17, 15) is 4.39 Å². The molecule has 0 amide bonds. The maximum Gasteiger partial charge on any atom is 0.123 e. The van der Waals surface area contributed by atoms with Crippen LogP contribution in [0.15, 0.2) is 42.5 Å². The van der Waals surface area contributed by atoms with Crippen molar-refractivity contribution in [2.45, 2.75) is 50.0 Å². The third-order valence-electron chi connectivity index (χ3n) is 7.29. The zero-order valence-electron chi connectivity index (χ0n) is 15.0. The van der Waals surface area contributed by atoms with E-state index in [1.807, 2.05) is 12.1 Å². The summed E-state index contributed by atoms with van der Waals surface area (Å²) < 4.78 is 13.3. The molecule has 3 aliphatic rings. The van der Waals surface area contributed by atoms with Crippen LogP contribution < -0.4 is 0 Å². The average molecular weight is 335 g/mol. The fraction of sp³-hybridized carbons (Fsp3) is 0.478. The number of fused-ring (bicyclic) bond motifs is 1. The van der Waals surface area contributed by atoms with E-state index in [2.05, 4.69) is 30.1 Å². The monoisotopic (exact) mass is 335 g/mol. The Morgan fingerprint density at radius 3 is 2.64 bits per heavy atom. The van der Waals surface area contributed by atoms with Gasteiger partial charge in [0.25, 0.3) is 0 Å². The van der Waals surface area contributed by atoms with Gasteiger partial charge in [0.2, 0.25) is 0 Å². The van der Waals surface area contributed by atoms with Gasteiger partial charge in [0, 0.05) is 11.5 Å². The first-order valence-corrected chi connectivity index (χ1v) is 9.77. The van der Waals surface area contributed by atoms with Gasteiger partial charge in [0.1, 0.15) is 5.82 Å². The molecule has 2 aromatic rings. The Labute approximate surface area is 149 Å². The summed E-state index contributed by atoms with van der Waals surface area (Å²) in [6.45, 7) is 1.22. The van der Waals surface area contributed by atoms with Gasteiger partial charge in [-0.05, 0) is 79.6 Å². The Morgan fingerprint density at radius 1 is 1.00 bits per heavy atom. The van der Waals surface area contributed by atoms with Crippen molar-refractivity contribution in [1.29, 1.82) is 0 Å². The van der Waals surface area contributed by atoms with Gasteiger partial charge >= 0.3 is 0 Å². The molecule has 1 nitrogen and oxygen atoms in total. The summed E-state index contributed by atoms with van der Waals surface area (Å²) in [7, 11) is 2.32. The molecular formula is C23H26FN.